The Morgan fingerprint density at radius 1 is 1.09 bits per heavy atom. The van der Waals surface area contributed by atoms with Crippen molar-refractivity contribution >= 4 is 23.9 Å². The highest BCUT2D eigenvalue weighted by molar-refractivity contribution is 5.89. The summed E-state index contributed by atoms with van der Waals surface area (Å²) >= 11 is 0. The lowest BCUT2D eigenvalue weighted by atomic mass is 9.90. The second-order valence-electron chi connectivity index (χ2n) is 5.39. The van der Waals surface area contributed by atoms with Gasteiger partial charge < -0.3 is 9.47 Å². The summed E-state index contributed by atoms with van der Waals surface area (Å²) in [4.78, 5) is 45.0. The number of hydrogen-bond donors (Lipinski definition) is 0. The molecule has 2 rings (SSSR count). The number of ether oxygens (including phenoxy) is 2. The van der Waals surface area contributed by atoms with Gasteiger partial charge >= 0.3 is 23.9 Å². The molecule has 0 N–H and O–H groups in total. The predicted octanol–water partition coefficient (Wildman–Crippen LogP) is 2.05. The largest absolute Gasteiger partial charge is 0.393 e. The Morgan fingerprint density at radius 3 is 2.26 bits per heavy atom. The molecule has 0 aliphatic carbocycles. The molecule has 6 heteroatoms. The van der Waals surface area contributed by atoms with Gasteiger partial charge in [0.1, 0.15) is 0 Å². The Bertz CT molecular complexity index is 600. The first-order chi connectivity index (χ1) is 11.0. The van der Waals surface area contributed by atoms with Crippen molar-refractivity contribution in [1.29, 1.82) is 0 Å². The van der Waals surface area contributed by atoms with Gasteiger partial charge in [-0.2, -0.15) is 0 Å². The molecule has 0 aromatic heterocycles. The number of cyclic esters (lactones) is 2. The molecule has 1 aromatic rings. The second-order valence-corrected chi connectivity index (χ2v) is 5.39. The van der Waals surface area contributed by atoms with Gasteiger partial charge in [-0.25, -0.2) is 0 Å². The quantitative estimate of drug-likeness (QED) is 0.610. The molecular formula is C17H18O6. The highest BCUT2D eigenvalue weighted by Gasteiger charge is 2.28. The zero-order valence-electron chi connectivity index (χ0n) is 12.9. The standard InChI is InChI=1S/C17H18O6/c1-2-14(18)22-15(19)8-5-11-3-6-12(7-4-11)13-9-16(20)23-17(21)10-13/h3-4,6-7,13H,2,5,8-10H2,1H3. The van der Waals surface area contributed by atoms with Gasteiger partial charge in [0.25, 0.3) is 0 Å². The van der Waals surface area contributed by atoms with Crippen LogP contribution in [0.25, 0.3) is 0 Å². The van der Waals surface area contributed by atoms with Crippen LogP contribution in [0.15, 0.2) is 24.3 Å². The topological polar surface area (TPSA) is 86.7 Å². The Hall–Kier alpha value is -2.50. The van der Waals surface area contributed by atoms with E-state index < -0.39 is 23.9 Å². The summed E-state index contributed by atoms with van der Waals surface area (Å²) in [6.07, 6.45) is 1.14. The van der Waals surface area contributed by atoms with E-state index in [0.717, 1.165) is 11.1 Å². The first-order valence-corrected chi connectivity index (χ1v) is 7.53. The molecule has 1 fully saturated rings. The van der Waals surface area contributed by atoms with Crippen LogP contribution in [-0.2, 0) is 35.1 Å². The normalized spacial score (nSPS) is 15.2. The average Bonchev–Trinajstić information content (AvgIpc) is 2.52. The third-order valence-corrected chi connectivity index (χ3v) is 3.64. The zero-order valence-corrected chi connectivity index (χ0v) is 12.9. The van der Waals surface area contributed by atoms with E-state index >= 15 is 0 Å². The summed E-state index contributed by atoms with van der Waals surface area (Å²) in [6, 6.07) is 7.37. The predicted molar refractivity (Wildman–Crippen MR) is 79.2 cm³/mol. The molecule has 23 heavy (non-hydrogen) atoms. The lowest BCUT2D eigenvalue weighted by Gasteiger charge is -2.20. The van der Waals surface area contributed by atoms with Crippen molar-refractivity contribution in [2.75, 3.05) is 0 Å². The van der Waals surface area contributed by atoms with Crippen LogP contribution in [0, 0.1) is 0 Å². The van der Waals surface area contributed by atoms with Crippen molar-refractivity contribution in [3.8, 4) is 0 Å². The van der Waals surface area contributed by atoms with E-state index in [1.54, 1.807) is 6.92 Å². The van der Waals surface area contributed by atoms with Crippen molar-refractivity contribution in [1.82, 2.24) is 0 Å². The molecule has 122 valence electrons. The van der Waals surface area contributed by atoms with Crippen LogP contribution < -0.4 is 0 Å². The smallest absolute Gasteiger partial charge is 0.314 e. The maximum Gasteiger partial charge on any atom is 0.314 e. The number of rotatable bonds is 5. The first-order valence-electron chi connectivity index (χ1n) is 7.53. The van der Waals surface area contributed by atoms with E-state index in [4.69, 9.17) is 0 Å². The number of hydrogen-bond acceptors (Lipinski definition) is 6. The van der Waals surface area contributed by atoms with Crippen molar-refractivity contribution in [2.24, 2.45) is 0 Å². The summed E-state index contributed by atoms with van der Waals surface area (Å²) in [5, 5.41) is 0. The molecule has 1 saturated heterocycles. The molecule has 1 aromatic carbocycles. The third kappa shape index (κ3) is 5.02. The van der Waals surface area contributed by atoms with Gasteiger partial charge in [0.2, 0.25) is 0 Å². The number of benzene rings is 1. The molecule has 0 saturated carbocycles. The summed E-state index contributed by atoms with van der Waals surface area (Å²) in [7, 11) is 0. The van der Waals surface area contributed by atoms with E-state index in [-0.39, 0.29) is 31.6 Å². The molecule has 1 aliphatic rings. The van der Waals surface area contributed by atoms with Gasteiger partial charge in [-0.15, -0.1) is 0 Å². The van der Waals surface area contributed by atoms with E-state index in [2.05, 4.69) is 9.47 Å². The Labute approximate surface area is 133 Å². The lowest BCUT2D eigenvalue weighted by molar-refractivity contribution is -0.164. The lowest BCUT2D eigenvalue weighted by Crippen LogP contribution is -2.24. The van der Waals surface area contributed by atoms with Crippen LogP contribution in [0.5, 0.6) is 0 Å². The third-order valence-electron chi connectivity index (χ3n) is 3.64. The first kappa shape index (κ1) is 16.9. The van der Waals surface area contributed by atoms with E-state index in [9.17, 15) is 19.2 Å². The number of aryl methyl sites for hydroxylation is 1. The van der Waals surface area contributed by atoms with Gasteiger partial charge in [0, 0.05) is 12.3 Å². The van der Waals surface area contributed by atoms with Crippen molar-refractivity contribution in [3.63, 3.8) is 0 Å². The maximum absolute atomic E-state index is 11.4. The monoisotopic (exact) mass is 318 g/mol. The fourth-order valence-corrected chi connectivity index (χ4v) is 2.37. The molecule has 1 aliphatic heterocycles. The SMILES string of the molecule is CCC(=O)OC(=O)CCc1ccc(C2CC(=O)OC(=O)C2)cc1. The van der Waals surface area contributed by atoms with Gasteiger partial charge in [0.15, 0.2) is 0 Å². The molecule has 0 unspecified atom stereocenters. The molecule has 6 nitrogen and oxygen atoms in total. The summed E-state index contributed by atoms with van der Waals surface area (Å²) in [5.41, 5.74) is 1.81. The van der Waals surface area contributed by atoms with Gasteiger partial charge in [-0.1, -0.05) is 31.2 Å². The van der Waals surface area contributed by atoms with E-state index in [1.165, 1.54) is 0 Å². The maximum atomic E-state index is 11.4. The molecule has 0 bridgehead atoms. The Morgan fingerprint density at radius 2 is 1.70 bits per heavy atom. The zero-order chi connectivity index (χ0) is 16.8. The minimum Gasteiger partial charge on any atom is -0.393 e. The highest BCUT2D eigenvalue weighted by atomic mass is 16.6. The van der Waals surface area contributed by atoms with Gasteiger partial charge in [0.05, 0.1) is 19.3 Å². The molecule has 0 atom stereocenters. The van der Waals surface area contributed by atoms with Gasteiger partial charge in [-0.05, 0) is 17.5 Å². The van der Waals surface area contributed by atoms with E-state index in [1.807, 2.05) is 24.3 Å². The Balaban J connectivity index is 1.89. The molecular weight excluding hydrogens is 300 g/mol. The van der Waals surface area contributed by atoms with Crippen LogP contribution in [0.3, 0.4) is 0 Å². The average molecular weight is 318 g/mol. The fourth-order valence-electron chi connectivity index (χ4n) is 2.37. The molecule has 0 amide bonds. The van der Waals surface area contributed by atoms with Gasteiger partial charge in [-0.3, -0.25) is 19.2 Å². The molecule has 0 radical (unpaired) electrons. The highest BCUT2D eigenvalue weighted by Crippen LogP contribution is 2.28. The van der Waals surface area contributed by atoms with Crippen LogP contribution in [0.2, 0.25) is 0 Å². The molecule has 0 spiro atoms. The van der Waals surface area contributed by atoms with E-state index in [0.29, 0.717) is 6.42 Å². The minimum absolute atomic E-state index is 0.124. The minimum atomic E-state index is -0.540. The van der Waals surface area contributed by atoms with Crippen LogP contribution in [0.4, 0.5) is 0 Å². The Kier molecular flexibility index (Phi) is 5.62. The van der Waals surface area contributed by atoms with Crippen molar-refractivity contribution < 1.29 is 28.7 Å². The molecule has 1 heterocycles. The number of carbonyl (C=O) groups excluding carboxylic acids is 4. The van der Waals surface area contributed by atoms with Crippen LogP contribution in [-0.4, -0.2) is 23.9 Å². The fraction of sp³-hybridized carbons (Fsp3) is 0.412. The number of esters is 4. The summed E-state index contributed by atoms with van der Waals surface area (Å²) in [6.45, 7) is 1.63. The van der Waals surface area contributed by atoms with Crippen LogP contribution in [0.1, 0.15) is 49.7 Å². The second kappa shape index (κ2) is 7.67. The number of carbonyl (C=O) groups is 4. The van der Waals surface area contributed by atoms with Crippen LogP contribution >= 0.6 is 0 Å². The summed E-state index contributed by atoms with van der Waals surface area (Å²) in [5.74, 6) is -2.23. The van der Waals surface area contributed by atoms with Crippen molar-refractivity contribution in [3.05, 3.63) is 35.4 Å². The summed E-state index contributed by atoms with van der Waals surface area (Å²) < 4.78 is 9.11. The van der Waals surface area contributed by atoms with Crippen molar-refractivity contribution in [2.45, 2.75) is 44.9 Å².